The Kier molecular flexibility index (Phi) is 4.18. The third-order valence-corrected chi connectivity index (χ3v) is 8.92. The summed E-state index contributed by atoms with van der Waals surface area (Å²) in [6.45, 7) is 13.8. The first-order valence-electron chi connectivity index (χ1n) is 6.28. The highest BCUT2D eigenvalue weighted by atomic mass is 32.3. The minimum absolute atomic E-state index is 0.209. The van der Waals surface area contributed by atoms with Crippen LogP contribution in [0, 0.1) is 11.2 Å². The van der Waals surface area contributed by atoms with Crippen LogP contribution in [0.4, 0.5) is 0 Å². The van der Waals surface area contributed by atoms with E-state index in [1.54, 1.807) is 6.20 Å². The van der Waals surface area contributed by atoms with Gasteiger partial charge < -0.3 is 0 Å². The molecule has 18 heavy (non-hydrogen) atoms. The van der Waals surface area contributed by atoms with Gasteiger partial charge >= 0.3 is 0 Å². The summed E-state index contributed by atoms with van der Waals surface area (Å²) in [5.41, 5.74) is 1.00. The average molecular weight is 263 g/mol. The third-order valence-electron chi connectivity index (χ3n) is 3.51. The van der Waals surface area contributed by atoms with Gasteiger partial charge in [-0.1, -0.05) is 47.5 Å². The van der Waals surface area contributed by atoms with Crippen LogP contribution in [0.1, 0.15) is 47.1 Å². The summed E-state index contributed by atoms with van der Waals surface area (Å²) in [5.74, 6) is 3.32. The molecule has 0 unspecified atom stereocenters. The van der Waals surface area contributed by atoms with Crippen LogP contribution in [0.5, 0.6) is 0 Å². The van der Waals surface area contributed by atoms with Crippen LogP contribution >= 0.6 is 10.0 Å². The summed E-state index contributed by atoms with van der Waals surface area (Å²) >= 11 is 0. The Labute approximate surface area is 114 Å². The van der Waals surface area contributed by atoms with Crippen molar-refractivity contribution >= 4 is 10.0 Å². The van der Waals surface area contributed by atoms with Crippen LogP contribution in [0.15, 0.2) is 24.5 Å². The van der Waals surface area contributed by atoms with E-state index < -0.39 is 10.0 Å². The van der Waals surface area contributed by atoms with Crippen molar-refractivity contribution in [2.75, 3.05) is 6.26 Å². The van der Waals surface area contributed by atoms with Crippen LogP contribution in [-0.2, 0) is 0 Å². The second-order valence-corrected chi connectivity index (χ2v) is 11.1. The Bertz CT molecular complexity index is 438. The zero-order chi connectivity index (χ0) is 14.0. The molecular weight excluding hydrogens is 238 g/mol. The van der Waals surface area contributed by atoms with Gasteiger partial charge in [0.25, 0.3) is 0 Å². The highest BCUT2D eigenvalue weighted by Crippen LogP contribution is 2.64. The standard InChI is InChI=1S/C16H25NS/c1-15(2,3)18(7,16(4,5)6)12-10-14-9-8-11-17-13-14/h8-9,11,13H,1-7H3. The van der Waals surface area contributed by atoms with Gasteiger partial charge in [-0.2, -0.15) is 10.0 Å². The first-order chi connectivity index (χ1) is 8.08. The number of rotatable bonds is 0. The van der Waals surface area contributed by atoms with Crippen LogP contribution in [0.2, 0.25) is 0 Å². The minimum atomic E-state index is -1.06. The van der Waals surface area contributed by atoms with Crippen molar-refractivity contribution in [1.82, 2.24) is 4.98 Å². The molecule has 1 heterocycles. The van der Waals surface area contributed by atoms with Gasteiger partial charge in [0.2, 0.25) is 0 Å². The normalized spacial score (nSPS) is 13.7. The molecule has 0 fully saturated rings. The molecule has 0 aliphatic heterocycles. The van der Waals surface area contributed by atoms with Gasteiger partial charge in [-0.05, 0) is 23.6 Å². The van der Waals surface area contributed by atoms with Gasteiger partial charge in [-0.3, -0.25) is 4.98 Å². The fourth-order valence-electron chi connectivity index (χ4n) is 1.82. The first-order valence-corrected chi connectivity index (χ1v) is 8.32. The van der Waals surface area contributed by atoms with Crippen molar-refractivity contribution < 1.29 is 0 Å². The summed E-state index contributed by atoms with van der Waals surface area (Å²) in [6.07, 6.45) is 5.96. The molecule has 2 heteroatoms. The lowest BCUT2D eigenvalue weighted by Gasteiger charge is -2.52. The Hall–Kier alpha value is -0.940. The highest BCUT2D eigenvalue weighted by Gasteiger charge is 2.40. The largest absolute Gasteiger partial charge is 0.263 e. The number of hydrogen-bond donors (Lipinski definition) is 0. The predicted octanol–water partition coefficient (Wildman–Crippen LogP) is 4.42. The molecule has 0 aliphatic carbocycles. The van der Waals surface area contributed by atoms with Gasteiger partial charge in [0.1, 0.15) is 0 Å². The van der Waals surface area contributed by atoms with Gasteiger partial charge in [0.15, 0.2) is 0 Å². The molecule has 1 nitrogen and oxygen atoms in total. The number of nitrogens with zero attached hydrogens (tertiary/aromatic N) is 1. The molecule has 100 valence electrons. The van der Waals surface area contributed by atoms with Gasteiger partial charge in [-0.15, -0.1) is 0 Å². The lowest BCUT2D eigenvalue weighted by molar-refractivity contribution is 0.721. The molecular formula is C16H25NS. The average Bonchev–Trinajstić information content (AvgIpc) is 2.24. The third kappa shape index (κ3) is 3.09. The molecule has 0 aliphatic rings. The van der Waals surface area contributed by atoms with E-state index in [0.29, 0.717) is 0 Å². The van der Waals surface area contributed by atoms with Crippen molar-refractivity contribution in [1.29, 1.82) is 0 Å². The molecule has 0 amide bonds. The summed E-state index contributed by atoms with van der Waals surface area (Å²) in [6, 6.07) is 3.95. The quantitative estimate of drug-likeness (QED) is 0.631. The lowest BCUT2D eigenvalue weighted by Crippen LogP contribution is -2.36. The Morgan fingerprint density at radius 2 is 1.61 bits per heavy atom. The molecule has 0 radical (unpaired) electrons. The maximum atomic E-state index is 4.12. The zero-order valence-electron chi connectivity index (χ0n) is 12.7. The predicted molar refractivity (Wildman–Crippen MR) is 84.1 cm³/mol. The minimum Gasteiger partial charge on any atom is -0.263 e. The van der Waals surface area contributed by atoms with E-state index in [0.717, 1.165) is 5.56 Å². The molecule has 1 aromatic rings. The van der Waals surface area contributed by atoms with E-state index in [9.17, 15) is 0 Å². The van der Waals surface area contributed by atoms with Crippen molar-refractivity contribution in [2.24, 2.45) is 0 Å². The first kappa shape index (κ1) is 15.1. The van der Waals surface area contributed by atoms with Gasteiger partial charge in [-0.25, -0.2) is 0 Å². The second-order valence-electron chi connectivity index (χ2n) is 6.61. The second kappa shape index (κ2) is 4.97. The van der Waals surface area contributed by atoms with E-state index in [1.165, 1.54) is 0 Å². The smallest absolute Gasteiger partial charge is 0.0437 e. The van der Waals surface area contributed by atoms with Crippen LogP contribution in [0.3, 0.4) is 0 Å². The topological polar surface area (TPSA) is 12.9 Å². The van der Waals surface area contributed by atoms with Gasteiger partial charge in [0.05, 0.1) is 0 Å². The van der Waals surface area contributed by atoms with E-state index in [-0.39, 0.29) is 9.49 Å². The number of aromatic nitrogens is 1. The van der Waals surface area contributed by atoms with Gasteiger partial charge in [0, 0.05) is 27.5 Å². The zero-order valence-corrected chi connectivity index (χ0v) is 13.5. The molecule has 1 rings (SSSR count). The lowest BCUT2D eigenvalue weighted by atomic mass is 10.2. The summed E-state index contributed by atoms with van der Waals surface area (Å²) in [5, 5.41) is 3.59. The fraction of sp³-hybridized carbons (Fsp3) is 0.562. The maximum Gasteiger partial charge on any atom is 0.0437 e. The monoisotopic (exact) mass is 263 g/mol. The molecule has 0 saturated heterocycles. The van der Waals surface area contributed by atoms with E-state index in [1.807, 2.05) is 18.3 Å². The molecule has 0 bridgehead atoms. The van der Waals surface area contributed by atoms with Crippen LogP contribution in [0.25, 0.3) is 0 Å². The van der Waals surface area contributed by atoms with Crippen molar-refractivity contribution in [3.63, 3.8) is 0 Å². The fourth-order valence-corrected chi connectivity index (χ4v) is 4.59. The number of hydrogen-bond acceptors (Lipinski definition) is 1. The van der Waals surface area contributed by atoms with E-state index in [2.05, 4.69) is 64.0 Å². The number of pyridine rings is 1. The SMILES string of the molecule is CC(C)(C)S(C)(C#Cc1cccnc1)C(C)(C)C. The van der Waals surface area contributed by atoms with Crippen molar-refractivity contribution in [3.8, 4) is 11.2 Å². The summed E-state index contributed by atoms with van der Waals surface area (Å²) in [4.78, 5) is 4.12. The molecule has 0 saturated carbocycles. The maximum absolute atomic E-state index is 4.12. The van der Waals surface area contributed by atoms with Crippen molar-refractivity contribution in [2.45, 2.75) is 51.0 Å². The Morgan fingerprint density at radius 1 is 1.06 bits per heavy atom. The summed E-state index contributed by atoms with van der Waals surface area (Å²) < 4.78 is 0.418. The molecule has 0 aromatic carbocycles. The van der Waals surface area contributed by atoms with Crippen LogP contribution in [-0.4, -0.2) is 20.7 Å². The van der Waals surface area contributed by atoms with E-state index in [4.69, 9.17) is 0 Å². The Morgan fingerprint density at radius 3 is 2.00 bits per heavy atom. The van der Waals surface area contributed by atoms with Crippen molar-refractivity contribution in [3.05, 3.63) is 30.1 Å². The molecule has 0 N–H and O–H groups in total. The van der Waals surface area contributed by atoms with E-state index >= 15 is 0 Å². The Balaban J connectivity index is 3.22. The summed E-state index contributed by atoms with van der Waals surface area (Å²) in [7, 11) is -1.06. The molecule has 1 aromatic heterocycles. The molecule has 0 atom stereocenters. The van der Waals surface area contributed by atoms with Crippen LogP contribution < -0.4 is 0 Å². The highest BCUT2D eigenvalue weighted by molar-refractivity contribution is 8.38. The molecule has 0 spiro atoms.